The predicted octanol–water partition coefficient (Wildman–Crippen LogP) is 3.27. The topological polar surface area (TPSA) is 52.7 Å². The highest BCUT2D eigenvalue weighted by molar-refractivity contribution is 5.93. The minimum Gasteiger partial charge on any atom is -0.340 e. The number of hydrogen-bond acceptors (Lipinski definition) is 3. The van der Waals surface area contributed by atoms with Gasteiger partial charge in [0.15, 0.2) is 0 Å². The zero-order valence-electron chi connectivity index (χ0n) is 17.5. The number of carbonyl (C=O) groups excluding carboxylic acids is 2. The molecule has 1 aliphatic rings. The van der Waals surface area contributed by atoms with Gasteiger partial charge in [0.1, 0.15) is 0 Å². The lowest BCUT2D eigenvalue weighted by atomic mass is 10.1. The molecule has 0 spiro atoms. The maximum atomic E-state index is 12.5. The Kier molecular flexibility index (Phi) is 7.42. The number of nitrogens with zero attached hydrogens (tertiary/aromatic N) is 2. The van der Waals surface area contributed by atoms with Gasteiger partial charge < -0.3 is 10.2 Å². The van der Waals surface area contributed by atoms with Gasteiger partial charge in [-0.1, -0.05) is 55.0 Å². The molecule has 1 heterocycles. The number of nitrogens with one attached hydrogen (secondary N) is 1. The molecule has 2 aromatic rings. The van der Waals surface area contributed by atoms with E-state index >= 15 is 0 Å². The number of amides is 2. The minimum atomic E-state index is 0.00474. The molecule has 2 aromatic carbocycles. The van der Waals surface area contributed by atoms with E-state index in [0.29, 0.717) is 26.1 Å². The van der Waals surface area contributed by atoms with E-state index in [4.69, 9.17) is 0 Å². The van der Waals surface area contributed by atoms with Crippen molar-refractivity contribution in [3.8, 4) is 0 Å². The van der Waals surface area contributed by atoms with E-state index < -0.39 is 0 Å². The average Bonchev–Trinajstić information content (AvgIpc) is 2.73. The van der Waals surface area contributed by atoms with Crippen LogP contribution in [0.4, 0.5) is 5.69 Å². The van der Waals surface area contributed by atoms with E-state index in [9.17, 15) is 9.59 Å². The lowest BCUT2D eigenvalue weighted by Gasteiger charge is -2.34. The molecule has 1 saturated heterocycles. The zero-order valence-corrected chi connectivity index (χ0v) is 17.5. The smallest absolute Gasteiger partial charge is 0.238 e. The van der Waals surface area contributed by atoms with Crippen LogP contribution in [-0.4, -0.2) is 54.3 Å². The fraction of sp³-hybridized carbons (Fsp3) is 0.417. The van der Waals surface area contributed by atoms with Gasteiger partial charge >= 0.3 is 0 Å². The number of piperazine rings is 1. The molecule has 0 atom stereocenters. The molecule has 5 heteroatoms. The van der Waals surface area contributed by atoms with E-state index in [1.54, 1.807) is 0 Å². The molecule has 0 bridgehead atoms. The molecular formula is C24H31N3O2. The van der Waals surface area contributed by atoms with Gasteiger partial charge in [-0.25, -0.2) is 0 Å². The summed E-state index contributed by atoms with van der Waals surface area (Å²) in [5.41, 5.74) is 4.47. The van der Waals surface area contributed by atoms with E-state index in [1.807, 2.05) is 35.2 Å². The van der Waals surface area contributed by atoms with Gasteiger partial charge in [0, 0.05) is 38.3 Å². The van der Waals surface area contributed by atoms with Gasteiger partial charge in [-0.3, -0.25) is 14.5 Å². The molecule has 1 N–H and O–H groups in total. The number of rotatable bonds is 7. The third kappa shape index (κ3) is 6.16. The van der Waals surface area contributed by atoms with Crippen molar-refractivity contribution in [3.63, 3.8) is 0 Å². The molecule has 0 unspecified atom stereocenters. The summed E-state index contributed by atoms with van der Waals surface area (Å²) in [5, 5.41) is 3.02. The highest BCUT2D eigenvalue weighted by Crippen LogP contribution is 2.15. The van der Waals surface area contributed by atoms with Crippen LogP contribution in [0, 0.1) is 6.92 Å². The van der Waals surface area contributed by atoms with Crippen LogP contribution in [0.3, 0.4) is 0 Å². The van der Waals surface area contributed by atoms with Crippen molar-refractivity contribution in [2.45, 2.75) is 33.1 Å². The third-order valence-electron chi connectivity index (χ3n) is 5.47. The number of hydrogen-bond donors (Lipinski definition) is 1. The summed E-state index contributed by atoms with van der Waals surface area (Å²) in [6.45, 7) is 7.36. The second kappa shape index (κ2) is 10.2. The monoisotopic (exact) mass is 393 g/mol. The zero-order chi connectivity index (χ0) is 20.6. The summed E-state index contributed by atoms with van der Waals surface area (Å²) in [4.78, 5) is 29.0. The first-order chi connectivity index (χ1) is 14.0. The van der Waals surface area contributed by atoms with Crippen LogP contribution in [0.5, 0.6) is 0 Å². The van der Waals surface area contributed by atoms with E-state index in [-0.39, 0.29) is 11.8 Å². The number of benzene rings is 2. The maximum Gasteiger partial charge on any atom is 0.238 e. The van der Waals surface area contributed by atoms with E-state index in [1.165, 1.54) is 11.1 Å². The van der Waals surface area contributed by atoms with Crippen LogP contribution in [0.15, 0.2) is 48.5 Å². The standard InChI is InChI=1S/C24H31N3O2/c1-3-21-9-4-5-10-22(21)25-23(28)18-26-13-15-27(16-14-26)24(29)12-11-20-8-6-7-19(2)17-20/h4-10,17H,3,11-16,18H2,1-2H3,(H,25,28). The Hall–Kier alpha value is -2.66. The molecule has 3 rings (SSSR count). The van der Waals surface area contributed by atoms with Crippen LogP contribution in [0.1, 0.15) is 30.0 Å². The van der Waals surface area contributed by atoms with Crippen LogP contribution in [0.25, 0.3) is 0 Å². The van der Waals surface area contributed by atoms with Crippen molar-refractivity contribution in [1.29, 1.82) is 0 Å². The Labute approximate surface area is 173 Å². The molecule has 2 amide bonds. The predicted molar refractivity (Wildman–Crippen MR) is 117 cm³/mol. The van der Waals surface area contributed by atoms with Gasteiger partial charge in [0.05, 0.1) is 6.54 Å². The van der Waals surface area contributed by atoms with E-state index in [0.717, 1.165) is 37.2 Å². The quantitative estimate of drug-likeness (QED) is 0.786. The first-order valence-electron chi connectivity index (χ1n) is 10.5. The molecule has 5 nitrogen and oxygen atoms in total. The van der Waals surface area contributed by atoms with Gasteiger partial charge in [-0.15, -0.1) is 0 Å². The van der Waals surface area contributed by atoms with Gasteiger partial charge in [-0.2, -0.15) is 0 Å². The van der Waals surface area contributed by atoms with Crippen LogP contribution >= 0.6 is 0 Å². The van der Waals surface area contributed by atoms with Crippen LogP contribution < -0.4 is 5.32 Å². The second-order valence-electron chi connectivity index (χ2n) is 7.70. The molecule has 1 aliphatic heterocycles. The Balaban J connectivity index is 1.41. The van der Waals surface area contributed by atoms with Gasteiger partial charge in [-0.05, 0) is 37.0 Å². The minimum absolute atomic E-state index is 0.00474. The van der Waals surface area contributed by atoms with Crippen LogP contribution in [-0.2, 0) is 22.4 Å². The van der Waals surface area contributed by atoms with Crippen molar-refractivity contribution in [2.75, 3.05) is 38.0 Å². The normalized spacial score (nSPS) is 14.6. The van der Waals surface area contributed by atoms with Gasteiger partial charge in [0.25, 0.3) is 0 Å². The first-order valence-corrected chi connectivity index (χ1v) is 10.5. The first kappa shape index (κ1) is 21.1. The van der Waals surface area contributed by atoms with Crippen molar-refractivity contribution in [2.24, 2.45) is 0 Å². The number of carbonyl (C=O) groups is 2. The Morgan fingerprint density at radius 3 is 2.48 bits per heavy atom. The molecule has 29 heavy (non-hydrogen) atoms. The molecule has 1 fully saturated rings. The van der Waals surface area contributed by atoms with E-state index in [2.05, 4.69) is 42.3 Å². The highest BCUT2D eigenvalue weighted by atomic mass is 16.2. The van der Waals surface area contributed by atoms with Crippen molar-refractivity contribution in [1.82, 2.24) is 9.80 Å². The third-order valence-corrected chi connectivity index (χ3v) is 5.47. The molecule has 0 aromatic heterocycles. The van der Waals surface area contributed by atoms with Crippen LogP contribution in [0.2, 0.25) is 0 Å². The number of aryl methyl sites for hydroxylation is 3. The van der Waals surface area contributed by atoms with Gasteiger partial charge in [0.2, 0.25) is 11.8 Å². The highest BCUT2D eigenvalue weighted by Gasteiger charge is 2.22. The van der Waals surface area contributed by atoms with Crippen molar-refractivity contribution in [3.05, 3.63) is 65.2 Å². The summed E-state index contributed by atoms with van der Waals surface area (Å²) in [7, 11) is 0. The maximum absolute atomic E-state index is 12.5. The number of para-hydroxylation sites is 1. The Morgan fingerprint density at radius 1 is 1.00 bits per heavy atom. The Bertz CT molecular complexity index is 842. The van der Waals surface area contributed by atoms with Crippen molar-refractivity contribution < 1.29 is 9.59 Å². The SMILES string of the molecule is CCc1ccccc1NC(=O)CN1CCN(C(=O)CCc2cccc(C)c2)CC1. The lowest BCUT2D eigenvalue weighted by Crippen LogP contribution is -2.50. The summed E-state index contributed by atoms with van der Waals surface area (Å²) in [5.74, 6) is 0.206. The summed E-state index contributed by atoms with van der Waals surface area (Å²) < 4.78 is 0. The summed E-state index contributed by atoms with van der Waals surface area (Å²) >= 11 is 0. The number of anilines is 1. The fourth-order valence-corrected chi connectivity index (χ4v) is 3.78. The fourth-order valence-electron chi connectivity index (χ4n) is 3.78. The van der Waals surface area contributed by atoms with Crippen molar-refractivity contribution >= 4 is 17.5 Å². The molecule has 0 radical (unpaired) electrons. The largest absolute Gasteiger partial charge is 0.340 e. The molecule has 154 valence electrons. The Morgan fingerprint density at radius 2 is 1.76 bits per heavy atom. The lowest BCUT2D eigenvalue weighted by molar-refractivity contribution is -0.133. The summed E-state index contributed by atoms with van der Waals surface area (Å²) in [6, 6.07) is 16.2. The summed E-state index contributed by atoms with van der Waals surface area (Å²) in [6.07, 6.45) is 2.21. The molecule has 0 aliphatic carbocycles. The average molecular weight is 394 g/mol. The molecular weight excluding hydrogens is 362 g/mol. The second-order valence-corrected chi connectivity index (χ2v) is 7.70. The molecule has 0 saturated carbocycles.